The quantitative estimate of drug-likeness (QED) is 0.463. The van der Waals surface area contributed by atoms with Gasteiger partial charge < -0.3 is 5.32 Å². The molecule has 0 aromatic heterocycles. The Morgan fingerprint density at radius 2 is 1.60 bits per heavy atom. The first-order valence-electron chi connectivity index (χ1n) is 5.30. The van der Waals surface area contributed by atoms with Crippen molar-refractivity contribution in [2.24, 2.45) is 0 Å². The van der Waals surface area contributed by atoms with Gasteiger partial charge in [-0.25, -0.2) is 17.6 Å². The number of carbonyl (C=O) groups excluding carboxylic acids is 1. The van der Waals surface area contributed by atoms with E-state index in [9.17, 15) is 22.4 Å². The van der Waals surface area contributed by atoms with Gasteiger partial charge in [-0.3, -0.25) is 4.79 Å². The summed E-state index contributed by atoms with van der Waals surface area (Å²) in [5.74, 6) is -5.22. The number of amides is 1. The van der Waals surface area contributed by atoms with E-state index in [-0.39, 0.29) is 9.26 Å². The van der Waals surface area contributed by atoms with Gasteiger partial charge in [0.25, 0.3) is 5.91 Å². The van der Waals surface area contributed by atoms with Gasteiger partial charge in [-0.05, 0) is 46.9 Å². The Bertz CT molecular complexity index is 667. The minimum atomic E-state index is -1.32. The van der Waals surface area contributed by atoms with Crippen molar-refractivity contribution < 1.29 is 22.4 Å². The molecule has 2 aromatic rings. The zero-order chi connectivity index (χ0) is 14.9. The van der Waals surface area contributed by atoms with Gasteiger partial charge >= 0.3 is 0 Å². The summed E-state index contributed by atoms with van der Waals surface area (Å²) in [7, 11) is 0. The van der Waals surface area contributed by atoms with Gasteiger partial charge in [0.05, 0.1) is 9.13 Å². The van der Waals surface area contributed by atoms with Gasteiger partial charge in [0.15, 0.2) is 11.6 Å². The number of hydrogen-bond acceptors (Lipinski definition) is 1. The van der Waals surface area contributed by atoms with Crippen molar-refractivity contribution >= 4 is 34.2 Å². The van der Waals surface area contributed by atoms with Crippen LogP contribution in [0.5, 0.6) is 0 Å². The highest BCUT2D eigenvalue weighted by atomic mass is 127. The monoisotopic (exact) mass is 395 g/mol. The maximum absolute atomic E-state index is 13.4. The average molecular weight is 395 g/mol. The van der Waals surface area contributed by atoms with Crippen LogP contribution in [0.1, 0.15) is 10.4 Å². The second-order valence-corrected chi connectivity index (χ2v) is 4.89. The molecule has 0 aliphatic carbocycles. The maximum atomic E-state index is 13.4. The fourth-order valence-electron chi connectivity index (χ4n) is 1.51. The maximum Gasteiger partial charge on any atom is 0.258 e. The van der Waals surface area contributed by atoms with Gasteiger partial charge in [0, 0.05) is 5.69 Å². The van der Waals surface area contributed by atoms with E-state index in [1.54, 1.807) is 0 Å². The molecular formula is C13H6F4INO. The van der Waals surface area contributed by atoms with E-state index in [4.69, 9.17) is 0 Å². The van der Waals surface area contributed by atoms with Gasteiger partial charge in [0.1, 0.15) is 11.6 Å². The largest absolute Gasteiger partial charge is 0.322 e. The number of anilines is 1. The van der Waals surface area contributed by atoms with Gasteiger partial charge in [-0.1, -0.05) is 6.07 Å². The lowest BCUT2D eigenvalue weighted by molar-refractivity contribution is 0.102. The SMILES string of the molecule is O=C(Nc1cc(F)c(I)c(F)c1)c1cccc(F)c1F. The molecule has 0 bridgehead atoms. The van der Waals surface area contributed by atoms with Crippen LogP contribution >= 0.6 is 22.6 Å². The number of nitrogens with one attached hydrogen (secondary N) is 1. The first-order chi connectivity index (χ1) is 9.40. The minimum absolute atomic E-state index is 0.186. The molecular weight excluding hydrogens is 389 g/mol. The Morgan fingerprint density at radius 1 is 1.00 bits per heavy atom. The summed E-state index contributed by atoms with van der Waals surface area (Å²) < 4.78 is 52.8. The lowest BCUT2D eigenvalue weighted by Gasteiger charge is -2.08. The fourth-order valence-corrected chi connectivity index (χ4v) is 1.82. The average Bonchev–Trinajstić information content (AvgIpc) is 2.39. The molecule has 0 unspecified atom stereocenters. The minimum Gasteiger partial charge on any atom is -0.322 e. The topological polar surface area (TPSA) is 29.1 Å². The van der Waals surface area contributed by atoms with E-state index < -0.39 is 34.7 Å². The van der Waals surface area contributed by atoms with Crippen LogP contribution < -0.4 is 5.32 Å². The van der Waals surface area contributed by atoms with Gasteiger partial charge in [-0.2, -0.15) is 0 Å². The van der Waals surface area contributed by atoms with Crippen molar-refractivity contribution in [3.63, 3.8) is 0 Å². The Hall–Kier alpha value is -1.64. The van der Waals surface area contributed by atoms with E-state index >= 15 is 0 Å². The standard InChI is InChI=1S/C13H6F4INO/c14-8-3-1-2-7(11(8)17)13(20)19-6-4-9(15)12(18)10(16)5-6/h1-5H,(H,19,20). The third-order valence-corrected chi connectivity index (χ3v) is 3.47. The molecule has 0 saturated heterocycles. The summed E-state index contributed by atoms with van der Waals surface area (Å²) >= 11 is 1.47. The van der Waals surface area contributed by atoms with Gasteiger partial charge in [-0.15, -0.1) is 0 Å². The van der Waals surface area contributed by atoms with E-state index in [0.717, 1.165) is 30.3 Å². The molecule has 0 atom stereocenters. The molecule has 0 spiro atoms. The van der Waals surface area contributed by atoms with Crippen LogP contribution in [0.3, 0.4) is 0 Å². The van der Waals surface area contributed by atoms with Crippen molar-refractivity contribution in [3.8, 4) is 0 Å². The molecule has 1 amide bonds. The van der Waals surface area contributed by atoms with E-state index in [2.05, 4.69) is 5.32 Å². The van der Waals surface area contributed by atoms with Crippen LogP contribution in [0.4, 0.5) is 23.2 Å². The van der Waals surface area contributed by atoms with E-state index in [1.165, 1.54) is 22.6 Å². The predicted molar refractivity (Wildman–Crippen MR) is 73.4 cm³/mol. The summed E-state index contributed by atoms with van der Waals surface area (Å²) in [6.45, 7) is 0. The summed E-state index contributed by atoms with van der Waals surface area (Å²) in [4.78, 5) is 11.7. The lowest BCUT2D eigenvalue weighted by atomic mass is 10.2. The zero-order valence-electron chi connectivity index (χ0n) is 9.68. The Kier molecular flexibility index (Phi) is 4.26. The van der Waals surface area contributed by atoms with Crippen LogP contribution in [0, 0.1) is 26.8 Å². The van der Waals surface area contributed by atoms with Crippen molar-refractivity contribution in [1.82, 2.24) is 0 Å². The molecule has 2 aromatic carbocycles. The van der Waals surface area contributed by atoms with Crippen molar-refractivity contribution in [2.75, 3.05) is 5.32 Å². The highest BCUT2D eigenvalue weighted by molar-refractivity contribution is 14.1. The van der Waals surface area contributed by atoms with Crippen molar-refractivity contribution in [3.05, 3.63) is 62.7 Å². The predicted octanol–water partition coefficient (Wildman–Crippen LogP) is 4.10. The third-order valence-electron chi connectivity index (χ3n) is 2.44. The van der Waals surface area contributed by atoms with Gasteiger partial charge in [0.2, 0.25) is 0 Å². The second kappa shape index (κ2) is 5.78. The molecule has 0 radical (unpaired) electrons. The van der Waals surface area contributed by atoms with Crippen LogP contribution in [0.2, 0.25) is 0 Å². The summed E-state index contributed by atoms with van der Waals surface area (Å²) in [5.41, 5.74) is -0.738. The van der Waals surface area contributed by atoms with E-state index in [1.807, 2.05) is 0 Å². The molecule has 2 nitrogen and oxygen atoms in total. The molecule has 0 saturated carbocycles. The fraction of sp³-hybridized carbons (Fsp3) is 0. The highest BCUT2D eigenvalue weighted by Crippen LogP contribution is 2.21. The van der Waals surface area contributed by atoms with Crippen molar-refractivity contribution in [2.45, 2.75) is 0 Å². The molecule has 0 aliphatic heterocycles. The normalized spacial score (nSPS) is 10.4. The molecule has 1 N–H and O–H groups in total. The molecule has 0 fully saturated rings. The summed E-state index contributed by atoms with van der Waals surface area (Å²) in [5, 5.41) is 2.11. The molecule has 0 heterocycles. The number of carbonyl (C=O) groups is 1. The molecule has 20 heavy (non-hydrogen) atoms. The number of halogens is 5. The molecule has 104 valence electrons. The Labute approximate surface area is 124 Å². The Morgan fingerprint density at radius 3 is 2.20 bits per heavy atom. The first kappa shape index (κ1) is 14.8. The lowest BCUT2D eigenvalue weighted by Crippen LogP contribution is -2.15. The number of benzene rings is 2. The molecule has 7 heteroatoms. The van der Waals surface area contributed by atoms with Crippen molar-refractivity contribution in [1.29, 1.82) is 0 Å². The third kappa shape index (κ3) is 2.92. The summed E-state index contributed by atoms with van der Waals surface area (Å²) in [6, 6.07) is 4.85. The first-order valence-corrected chi connectivity index (χ1v) is 6.38. The zero-order valence-corrected chi connectivity index (χ0v) is 11.8. The smallest absolute Gasteiger partial charge is 0.258 e. The number of hydrogen-bond donors (Lipinski definition) is 1. The van der Waals surface area contributed by atoms with Crippen LogP contribution in [0.15, 0.2) is 30.3 Å². The second-order valence-electron chi connectivity index (χ2n) is 3.81. The number of rotatable bonds is 2. The molecule has 0 aliphatic rings. The van der Waals surface area contributed by atoms with Crippen LogP contribution in [-0.4, -0.2) is 5.91 Å². The highest BCUT2D eigenvalue weighted by Gasteiger charge is 2.16. The van der Waals surface area contributed by atoms with Crippen LogP contribution in [0.25, 0.3) is 0 Å². The molecule has 2 rings (SSSR count). The summed E-state index contributed by atoms with van der Waals surface area (Å²) in [6.07, 6.45) is 0. The van der Waals surface area contributed by atoms with E-state index in [0.29, 0.717) is 0 Å². The van der Waals surface area contributed by atoms with Crippen LogP contribution in [-0.2, 0) is 0 Å². The Balaban J connectivity index is 2.30.